The molecule has 0 fully saturated rings. The lowest BCUT2D eigenvalue weighted by atomic mass is 10.1. The number of methoxy groups -OCH3 is 2. The van der Waals surface area contributed by atoms with Gasteiger partial charge in [0, 0.05) is 17.8 Å². The largest absolute Gasteiger partial charge is 0.493 e. The molecule has 0 saturated heterocycles. The average Bonchev–Trinajstić information content (AvgIpc) is 2.68. The Bertz CT molecular complexity index is 846. The number of carbonyl (C=O) groups is 2. The van der Waals surface area contributed by atoms with Gasteiger partial charge in [-0.25, -0.2) is 0 Å². The van der Waals surface area contributed by atoms with Crippen molar-refractivity contribution in [3.8, 4) is 11.5 Å². The van der Waals surface area contributed by atoms with Gasteiger partial charge in [-0.1, -0.05) is 0 Å². The lowest BCUT2D eigenvalue weighted by Crippen LogP contribution is -2.39. The molecule has 0 heterocycles. The van der Waals surface area contributed by atoms with Crippen LogP contribution in [0.2, 0.25) is 0 Å². The molecule has 0 saturated carbocycles. The van der Waals surface area contributed by atoms with Crippen LogP contribution in [0.3, 0.4) is 0 Å². The molecule has 0 aliphatic carbocycles. The lowest BCUT2D eigenvalue weighted by Gasteiger charge is -2.25. The minimum atomic E-state index is -0.347. The van der Waals surface area contributed by atoms with E-state index in [9.17, 15) is 9.59 Å². The van der Waals surface area contributed by atoms with Crippen LogP contribution in [0.5, 0.6) is 11.5 Å². The second-order valence-corrected chi connectivity index (χ2v) is 6.85. The van der Waals surface area contributed by atoms with Gasteiger partial charge in [-0.3, -0.25) is 14.5 Å². The highest BCUT2D eigenvalue weighted by Crippen LogP contribution is 2.31. The standard InChI is InChI=1S/C22H28N2O4/c1-14-11-20(27-5)21(28-6)12-18(14)13-24(4)15(2)22(26)23-19-9-7-17(8-10-19)16(3)25/h7-12,15H,13H2,1-6H3,(H,23,26)/t15-/m0/s1. The van der Waals surface area contributed by atoms with E-state index in [0.29, 0.717) is 29.3 Å². The molecule has 6 heteroatoms. The average molecular weight is 384 g/mol. The summed E-state index contributed by atoms with van der Waals surface area (Å²) in [6.07, 6.45) is 0. The predicted octanol–water partition coefficient (Wildman–Crippen LogP) is 3.67. The number of ketones is 1. The Morgan fingerprint density at radius 2 is 1.64 bits per heavy atom. The maximum atomic E-state index is 12.6. The Hall–Kier alpha value is -2.86. The van der Waals surface area contributed by atoms with Gasteiger partial charge in [-0.05, 0) is 75.3 Å². The maximum absolute atomic E-state index is 12.6. The van der Waals surface area contributed by atoms with Crippen LogP contribution in [0.4, 0.5) is 5.69 Å². The number of hydrogen-bond acceptors (Lipinski definition) is 5. The minimum Gasteiger partial charge on any atom is -0.493 e. The third-order valence-corrected chi connectivity index (χ3v) is 4.86. The second-order valence-electron chi connectivity index (χ2n) is 6.85. The number of carbonyl (C=O) groups excluding carboxylic acids is 2. The molecule has 0 aromatic heterocycles. The number of amides is 1. The van der Waals surface area contributed by atoms with Gasteiger partial charge in [-0.15, -0.1) is 0 Å². The Labute approximate surface area is 166 Å². The van der Waals surface area contributed by atoms with E-state index in [2.05, 4.69) is 5.32 Å². The molecule has 1 N–H and O–H groups in total. The molecule has 1 atom stereocenters. The molecule has 0 aliphatic heterocycles. The zero-order chi connectivity index (χ0) is 20.8. The monoisotopic (exact) mass is 384 g/mol. The number of nitrogens with zero attached hydrogens (tertiary/aromatic N) is 1. The van der Waals surface area contributed by atoms with Crippen LogP contribution in [0.25, 0.3) is 0 Å². The molecule has 0 radical (unpaired) electrons. The normalized spacial score (nSPS) is 11.8. The summed E-state index contributed by atoms with van der Waals surface area (Å²) in [6, 6.07) is 10.4. The molecule has 6 nitrogen and oxygen atoms in total. The topological polar surface area (TPSA) is 67.9 Å². The third-order valence-electron chi connectivity index (χ3n) is 4.86. The Morgan fingerprint density at radius 1 is 1.07 bits per heavy atom. The third kappa shape index (κ3) is 5.10. The van der Waals surface area contributed by atoms with Crippen molar-refractivity contribution in [1.29, 1.82) is 0 Å². The fourth-order valence-corrected chi connectivity index (χ4v) is 2.83. The van der Waals surface area contributed by atoms with E-state index in [4.69, 9.17) is 9.47 Å². The van der Waals surface area contributed by atoms with Crippen LogP contribution in [-0.2, 0) is 11.3 Å². The fraction of sp³-hybridized carbons (Fsp3) is 0.364. The highest BCUT2D eigenvalue weighted by molar-refractivity contribution is 5.96. The van der Waals surface area contributed by atoms with Crippen LogP contribution in [-0.4, -0.2) is 43.9 Å². The molecular weight excluding hydrogens is 356 g/mol. The van der Waals surface area contributed by atoms with Crippen LogP contribution in [0, 0.1) is 6.92 Å². The van der Waals surface area contributed by atoms with Crippen LogP contribution >= 0.6 is 0 Å². The second kappa shape index (κ2) is 9.37. The smallest absolute Gasteiger partial charge is 0.241 e. The van der Waals surface area contributed by atoms with E-state index in [1.165, 1.54) is 6.92 Å². The molecule has 0 spiro atoms. The molecule has 2 aromatic carbocycles. The number of aryl methyl sites for hydroxylation is 1. The molecule has 2 aromatic rings. The summed E-state index contributed by atoms with van der Waals surface area (Å²) in [5, 5.41) is 2.89. The van der Waals surface area contributed by atoms with Gasteiger partial charge >= 0.3 is 0 Å². The Morgan fingerprint density at radius 3 is 2.18 bits per heavy atom. The van der Waals surface area contributed by atoms with E-state index in [0.717, 1.165) is 11.1 Å². The number of hydrogen-bond donors (Lipinski definition) is 1. The number of benzene rings is 2. The van der Waals surface area contributed by atoms with Crippen molar-refractivity contribution in [3.05, 3.63) is 53.1 Å². The quantitative estimate of drug-likeness (QED) is 0.704. The van der Waals surface area contributed by atoms with Crippen molar-refractivity contribution >= 4 is 17.4 Å². The number of ether oxygens (including phenoxy) is 2. The number of nitrogens with one attached hydrogen (secondary N) is 1. The highest BCUT2D eigenvalue weighted by atomic mass is 16.5. The molecule has 2 rings (SSSR count). The summed E-state index contributed by atoms with van der Waals surface area (Å²) >= 11 is 0. The van der Waals surface area contributed by atoms with Gasteiger partial charge in [0.15, 0.2) is 17.3 Å². The summed E-state index contributed by atoms with van der Waals surface area (Å²) in [4.78, 5) is 25.9. The van der Waals surface area contributed by atoms with E-state index >= 15 is 0 Å². The van der Waals surface area contributed by atoms with Gasteiger partial charge in [-0.2, -0.15) is 0 Å². The molecule has 28 heavy (non-hydrogen) atoms. The summed E-state index contributed by atoms with van der Waals surface area (Å²) in [7, 11) is 5.12. The lowest BCUT2D eigenvalue weighted by molar-refractivity contribution is -0.120. The van der Waals surface area contributed by atoms with Gasteiger partial charge in [0.25, 0.3) is 0 Å². The summed E-state index contributed by atoms with van der Waals surface area (Å²) < 4.78 is 10.7. The highest BCUT2D eigenvalue weighted by Gasteiger charge is 2.20. The van der Waals surface area contributed by atoms with Gasteiger partial charge < -0.3 is 14.8 Å². The Balaban J connectivity index is 2.06. The number of likely N-dealkylation sites (N-methyl/N-ethyl adjacent to an activating group) is 1. The summed E-state index contributed by atoms with van der Waals surface area (Å²) in [5.41, 5.74) is 3.41. The molecule has 0 unspecified atom stereocenters. The maximum Gasteiger partial charge on any atom is 0.241 e. The number of Topliss-reactive ketones (excluding diaryl/α,β-unsaturated/α-hetero) is 1. The molecule has 0 aliphatic rings. The minimum absolute atomic E-state index is 0.00346. The van der Waals surface area contributed by atoms with Crippen LogP contribution in [0.1, 0.15) is 35.3 Å². The molecule has 150 valence electrons. The van der Waals surface area contributed by atoms with Crippen molar-refractivity contribution in [1.82, 2.24) is 4.90 Å². The van der Waals surface area contributed by atoms with Gasteiger partial charge in [0.1, 0.15) is 0 Å². The summed E-state index contributed by atoms with van der Waals surface area (Å²) in [6.45, 7) is 5.96. The van der Waals surface area contributed by atoms with E-state index in [1.54, 1.807) is 38.5 Å². The van der Waals surface area contributed by atoms with E-state index < -0.39 is 0 Å². The fourth-order valence-electron chi connectivity index (χ4n) is 2.83. The number of anilines is 1. The molecular formula is C22H28N2O4. The number of rotatable bonds is 8. The molecule has 1 amide bonds. The SMILES string of the molecule is COc1cc(C)c(CN(C)[C@@H](C)C(=O)Nc2ccc(C(C)=O)cc2)cc1OC. The van der Waals surface area contributed by atoms with Crippen LogP contribution in [0.15, 0.2) is 36.4 Å². The first-order valence-corrected chi connectivity index (χ1v) is 9.10. The van der Waals surface area contributed by atoms with Crippen molar-refractivity contribution in [3.63, 3.8) is 0 Å². The zero-order valence-electron chi connectivity index (χ0n) is 17.3. The first kappa shape index (κ1) is 21.4. The summed E-state index contributed by atoms with van der Waals surface area (Å²) in [5.74, 6) is 1.23. The van der Waals surface area contributed by atoms with Crippen molar-refractivity contribution in [2.24, 2.45) is 0 Å². The van der Waals surface area contributed by atoms with Crippen molar-refractivity contribution < 1.29 is 19.1 Å². The first-order chi connectivity index (χ1) is 13.3. The van der Waals surface area contributed by atoms with E-state index in [-0.39, 0.29) is 17.7 Å². The Kier molecular flexibility index (Phi) is 7.18. The van der Waals surface area contributed by atoms with Crippen molar-refractivity contribution in [2.75, 3.05) is 26.6 Å². The van der Waals surface area contributed by atoms with Crippen LogP contribution < -0.4 is 14.8 Å². The first-order valence-electron chi connectivity index (χ1n) is 9.10. The zero-order valence-corrected chi connectivity index (χ0v) is 17.3. The van der Waals surface area contributed by atoms with Gasteiger partial charge in [0.2, 0.25) is 5.91 Å². The van der Waals surface area contributed by atoms with E-state index in [1.807, 2.05) is 37.9 Å². The predicted molar refractivity (Wildman–Crippen MR) is 110 cm³/mol. The van der Waals surface area contributed by atoms with Gasteiger partial charge in [0.05, 0.1) is 20.3 Å². The van der Waals surface area contributed by atoms with Crippen molar-refractivity contribution in [2.45, 2.75) is 33.4 Å². The molecule has 0 bridgehead atoms.